The van der Waals surface area contributed by atoms with Gasteiger partial charge in [0.1, 0.15) is 0 Å². The molecule has 0 aliphatic heterocycles. The lowest BCUT2D eigenvalue weighted by Crippen LogP contribution is -2.18. The number of rotatable bonds is 6. The molecule has 0 aromatic heterocycles. The van der Waals surface area contributed by atoms with E-state index in [9.17, 15) is 0 Å². The number of benzene rings is 2. The molecule has 114 valence electrons. The first-order valence-electron chi connectivity index (χ1n) is 6.71. The molecule has 0 N–H and O–H groups in total. The van der Waals surface area contributed by atoms with E-state index in [1.807, 2.05) is 6.07 Å². The summed E-state index contributed by atoms with van der Waals surface area (Å²) in [7, 11) is 0. The van der Waals surface area contributed by atoms with E-state index >= 15 is 8.78 Å². The summed E-state index contributed by atoms with van der Waals surface area (Å²) in [5.74, 6) is 0. The fourth-order valence-corrected chi connectivity index (χ4v) is 4.67. The normalized spacial score (nSPS) is 12.8. The molecule has 0 saturated carbocycles. The summed E-state index contributed by atoms with van der Waals surface area (Å²) in [4.78, 5) is 0. The molecule has 0 saturated heterocycles. The van der Waals surface area contributed by atoms with Crippen LogP contribution >= 0.6 is 6.49 Å². The summed E-state index contributed by atoms with van der Waals surface area (Å²) < 4.78 is 40.4. The van der Waals surface area contributed by atoms with Crippen molar-refractivity contribution in [1.29, 1.82) is 0 Å². The fraction of sp³-hybridized carbons (Fsp3) is 0.333. The van der Waals surface area contributed by atoms with Crippen molar-refractivity contribution >= 4 is 29.1 Å². The SMILES string of the molecule is CCOP(=S)(OCC)C(F)(F)c1cccc2ccccc12. The van der Waals surface area contributed by atoms with Gasteiger partial charge >= 0.3 is 5.66 Å². The van der Waals surface area contributed by atoms with Crippen LogP contribution in [-0.4, -0.2) is 13.2 Å². The first-order chi connectivity index (χ1) is 9.96. The molecule has 0 radical (unpaired) electrons. The Hall–Kier alpha value is -0.870. The van der Waals surface area contributed by atoms with Gasteiger partial charge in [0, 0.05) is 5.56 Å². The largest absolute Gasteiger partial charge is 0.346 e. The Balaban J connectivity index is 2.62. The Morgan fingerprint density at radius 2 is 1.57 bits per heavy atom. The molecular weight excluding hydrogens is 313 g/mol. The fourth-order valence-electron chi connectivity index (χ4n) is 2.17. The van der Waals surface area contributed by atoms with Gasteiger partial charge in [-0.1, -0.05) is 42.5 Å². The third-order valence-electron chi connectivity index (χ3n) is 3.06. The molecule has 2 rings (SSSR count). The number of hydrogen-bond acceptors (Lipinski definition) is 3. The molecule has 0 aliphatic carbocycles. The minimum atomic E-state index is -3.75. The molecule has 2 aromatic rings. The van der Waals surface area contributed by atoms with Gasteiger partial charge in [0.25, 0.3) is 6.49 Å². The van der Waals surface area contributed by atoms with E-state index in [1.165, 1.54) is 6.07 Å². The lowest BCUT2D eigenvalue weighted by Gasteiger charge is -2.30. The standard InChI is InChI=1S/C15H17F2O2PS/c1-3-18-20(21,19-4-2)15(16,17)14-11-7-9-12-8-5-6-10-13(12)14/h5-11H,3-4H2,1-2H3. The summed E-state index contributed by atoms with van der Waals surface area (Å²) in [5, 5.41) is 1.21. The predicted octanol–water partition coefficient (Wildman–Crippen LogP) is 5.27. The average Bonchev–Trinajstić information content (AvgIpc) is 2.47. The van der Waals surface area contributed by atoms with Gasteiger partial charge in [-0.15, -0.1) is 0 Å². The number of halogens is 2. The molecular formula is C15H17F2O2PS. The predicted molar refractivity (Wildman–Crippen MR) is 85.4 cm³/mol. The van der Waals surface area contributed by atoms with Crippen molar-refractivity contribution in [3.05, 3.63) is 48.0 Å². The van der Waals surface area contributed by atoms with Crippen LogP contribution in [0.3, 0.4) is 0 Å². The number of alkyl halides is 2. The van der Waals surface area contributed by atoms with Gasteiger partial charge < -0.3 is 9.05 Å². The van der Waals surface area contributed by atoms with Crippen LogP contribution in [0.15, 0.2) is 42.5 Å². The second kappa shape index (κ2) is 6.49. The van der Waals surface area contributed by atoms with E-state index in [0.29, 0.717) is 5.39 Å². The number of fused-ring (bicyclic) bond motifs is 1. The summed E-state index contributed by atoms with van der Waals surface area (Å²) in [6.07, 6.45) is 0. The van der Waals surface area contributed by atoms with E-state index < -0.39 is 12.2 Å². The van der Waals surface area contributed by atoms with Gasteiger partial charge in [-0.05, 0) is 36.4 Å². The zero-order chi connectivity index (χ0) is 15.5. The molecule has 0 atom stereocenters. The third kappa shape index (κ3) is 3.02. The molecule has 0 unspecified atom stereocenters. The van der Waals surface area contributed by atoms with Crippen molar-refractivity contribution in [2.75, 3.05) is 13.2 Å². The van der Waals surface area contributed by atoms with Crippen molar-refractivity contribution in [3.63, 3.8) is 0 Å². The van der Waals surface area contributed by atoms with Crippen LogP contribution in [0.2, 0.25) is 0 Å². The van der Waals surface area contributed by atoms with Gasteiger partial charge in [0.05, 0.1) is 13.2 Å². The molecule has 0 spiro atoms. The molecule has 0 aliphatic rings. The van der Waals surface area contributed by atoms with E-state index in [-0.39, 0.29) is 18.8 Å². The molecule has 0 bridgehead atoms. The van der Waals surface area contributed by atoms with Gasteiger partial charge in [-0.2, -0.15) is 8.78 Å². The second-order valence-electron chi connectivity index (χ2n) is 4.40. The van der Waals surface area contributed by atoms with Crippen molar-refractivity contribution in [2.45, 2.75) is 19.5 Å². The topological polar surface area (TPSA) is 18.5 Å². The first kappa shape index (κ1) is 16.5. The van der Waals surface area contributed by atoms with E-state index in [0.717, 1.165) is 5.39 Å². The van der Waals surface area contributed by atoms with Crippen LogP contribution in [0.4, 0.5) is 8.78 Å². The lowest BCUT2D eigenvalue weighted by molar-refractivity contribution is 0.0568. The highest BCUT2D eigenvalue weighted by atomic mass is 32.5. The van der Waals surface area contributed by atoms with E-state index in [2.05, 4.69) is 0 Å². The Labute approximate surface area is 128 Å². The minimum absolute atomic E-state index is 0.0949. The molecule has 6 heteroatoms. The van der Waals surface area contributed by atoms with Crippen LogP contribution in [0.25, 0.3) is 10.8 Å². The maximum Gasteiger partial charge on any atom is 0.346 e. The van der Waals surface area contributed by atoms with Gasteiger partial charge in [0.2, 0.25) is 0 Å². The Morgan fingerprint density at radius 1 is 1.00 bits per heavy atom. The molecule has 0 fully saturated rings. The highest BCUT2D eigenvalue weighted by Gasteiger charge is 2.50. The number of hydrogen-bond donors (Lipinski definition) is 0. The van der Waals surface area contributed by atoms with Crippen molar-refractivity contribution in [3.8, 4) is 0 Å². The maximum absolute atomic E-state index is 15.0. The summed E-state index contributed by atoms with van der Waals surface area (Å²) >= 11 is 5.10. The van der Waals surface area contributed by atoms with Crippen LogP contribution in [-0.2, 0) is 26.5 Å². The third-order valence-corrected chi connectivity index (χ3v) is 6.50. The van der Waals surface area contributed by atoms with Crippen molar-refractivity contribution in [1.82, 2.24) is 0 Å². The van der Waals surface area contributed by atoms with Crippen LogP contribution in [0, 0.1) is 0 Å². The Kier molecular flexibility index (Phi) is 5.10. The molecule has 21 heavy (non-hydrogen) atoms. The van der Waals surface area contributed by atoms with Gasteiger partial charge in [-0.25, -0.2) is 0 Å². The van der Waals surface area contributed by atoms with Gasteiger partial charge in [-0.3, -0.25) is 0 Å². The molecule has 2 nitrogen and oxygen atoms in total. The van der Waals surface area contributed by atoms with Crippen LogP contribution in [0.1, 0.15) is 19.4 Å². The monoisotopic (exact) mass is 330 g/mol. The Bertz CT molecular complexity index is 660. The average molecular weight is 330 g/mol. The molecule has 0 amide bonds. The molecule has 2 aromatic carbocycles. The van der Waals surface area contributed by atoms with E-state index in [4.69, 9.17) is 20.9 Å². The summed E-state index contributed by atoms with van der Waals surface area (Å²) in [6, 6.07) is 11.8. The highest BCUT2D eigenvalue weighted by Crippen LogP contribution is 2.67. The maximum atomic E-state index is 15.0. The zero-order valence-corrected chi connectivity index (χ0v) is 13.6. The quantitative estimate of drug-likeness (QED) is 0.672. The highest BCUT2D eigenvalue weighted by molar-refractivity contribution is 8.10. The van der Waals surface area contributed by atoms with Crippen LogP contribution in [0.5, 0.6) is 0 Å². The molecule has 0 heterocycles. The lowest BCUT2D eigenvalue weighted by atomic mass is 10.1. The second-order valence-corrected chi connectivity index (χ2v) is 7.92. The Morgan fingerprint density at radius 3 is 2.19 bits per heavy atom. The smallest absolute Gasteiger partial charge is 0.325 e. The summed E-state index contributed by atoms with van der Waals surface area (Å²) in [6.45, 7) is -0.282. The first-order valence-corrected chi connectivity index (χ1v) is 9.35. The van der Waals surface area contributed by atoms with Crippen LogP contribution < -0.4 is 0 Å². The van der Waals surface area contributed by atoms with Crippen molar-refractivity contribution in [2.24, 2.45) is 0 Å². The van der Waals surface area contributed by atoms with Gasteiger partial charge in [0.15, 0.2) is 0 Å². The summed E-state index contributed by atoms with van der Waals surface area (Å²) in [5.41, 5.74) is -3.47. The van der Waals surface area contributed by atoms with Crippen molar-refractivity contribution < 1.29 is 17.8 Å². The minimum Gasteiger partial charge on any atom is -0.325 e. The van der Waals surface area contributed by atoms with E-state index in [1.54, 1.807) is 44.2 Å². The zero-order valence-electron chi connectivity index (χ0n) is 11.9.